The second kappa shape index (κ2) is 11.8. The van der Waals surface area contributed by atoms with E-state index in [1.165, 1.54) is 56.4 Å². The van der Waals surface area contributed by atoms with Crippen LogP contribution < -0.4 is 15.0 Å². The number of nitrogens with zero attached hydrogens (tertiary/aromatic N) is 3. The number of amides is 1. The summed E-state index contributed by atoms with van der Waals surface area (Å²) in [5.74, 6) is 1.00. The van der Waals surface area contributed by atoms with E-state index in [1.807, 2.05) is 18.2 Å². The fourth-order valence-electron chi connectivity index (χ4n) is 7.30. The lowest BCUT2D eigenvalue weighted by Crippen LogP contribution is -2.50. The number of carbonyl (C=O) groups is 1. The molecule has 1 aliphatic carbocycles. The van der Waals surface area contributed by atoms with Gasteiger partial charge >= 0.3 is 0 Å². The van der Waals surface area contributed by atoms with Gasteiger partial charge in [-0.3, -0.25) is 14.8 Å². The fourth-order valence-corrected chi connectivity index (χ4v) is 7.30. The van der Waals surface area contributed by atoms with Crippen LogP contribution in [-0.2, 0) is 11.2 Å². The van der Waals surface area contributed by atoms with Crippen LogP contribution in [0.1, 0.15) is 62.0 Å². The summed E-state index contributed by atoms with van der Waals surface area (Å²) >= 11 is 0. The maximum Gasteiger partial charge on any atom is 0.224 e. The standard InChI is InChI=1S/C35H41N5O2/c1-42-30-14-16-32-27(21-30)8-7-26(23-34(41)36-32)25-11-15-31-33(22-25)37-38-35(31)24-9-12-29(13-10-24)40-19-17-39(18-20-40)28-5-3-2-4-6-28/h9-16,21-22,26,28H,2-8,17-20,23H2,1H3,(H,36,41)(H,37,38)/t26-/m1/s1. The molecular formula is C35H41N5O2. The number of carbonyl (C=O) groups excluding carboxylic acids is 1. The average molecular weight is 564 g/mol. The molecule has 3 aliphatic rings. The van der Waals surface area contributed by atoms with E-state index >= 15 is 0 Å². The molecule has 1 saturated carbocycles. The Morgan fingerprint density at radius 2 is 1.69 bits per heavy atom. The molecule has 1 aromatic heterocycles. The van der Waals surface area contributed by atoms with E-state index < -0.39 is 0 Å². The van der Waals surface area contributed by atoms with E-state index in [0.717, 1.165) is 71.1 Å². The van der Waals surface area contributed by atoms with Crippen LogP contribution in [0.25, 0.3) is 22.2 Å². The van der Waals surface area contributed by atoms with Gasteiger partial charge in [0.2, 0.25) is 5.91 Å². The van der Waals surface area contributed by atoms with Crippen LogP contribution in [0, 0.1) is 0 Å². The van der Waals surface area contributed by atoms with Crippen molar-refractivity contribution in [2.45, 2.75) is 63.3 Å². The van der Waals surface area contributed by atoms with Crippen molar-refractivity contribution in [3.63, 3.8) is 0 Å². The molecule has 0 spiro atoms. The second-order valence-electron chi connectivity index (χ2n) is 12.2. The summed E-state index contributed by atoms with van der Waals surface area (Å²) in [5.41, 5.74) is 7.58. The van der Waals surface area contributed by atoms with Gasteiger partial charge in [0, 0.05) is 61.0 Å². The summed E-state index contributed by atoms with van der Waals surface area (Å²) in [4.78, 5) is 18.1. The number of fused-ring (bicyclic) bond motifs is 2. The Morgan fingerprint density at radius 3 is 2.48 bits per heavy atom. The quantitative estimate of drug-likeness (QED) is 0.281. The maximum absolute atomic E-state index is 12.9. The number of rotatable bonds is 5. The molecule has 0 radical (unpaired) electrons. The van der Waals surface area contributed by atoms with Crippen LogP contribution in [0.15, 0.2) is 60.7 Å². The lowest BCUT2D eigenvalue weighted by Gasteiger charge is -2.41. The third kappa shape index (κ3) is 5.50. The predicted molar refractivity (Wildman–Crippen MR) is 169 cm³/mol. The number of methoxy groups -OCH3 is 1. The zero-order valence-electron chi connectivity index (χ0n) is 24.6. The topological polar surface area (TPSA) is 73.5 Å². The second-order valence-corrected chi connectivity index (χ2v) is 12.2. The van der Waals surface area contributed by atoms with Crippen LogP contribution in [-0.4, -0.2) is 60.3 Å². The van der Waals surface area contributed by atoms with Gasteiger partial charge in [0.1, 0.15) is 5.75 Å². The molecule has 218 valence electrons. The summed E-state index contributed by atoms with van der Waals surface area (Å²) in [6, 6.07) is 22.1. The maximum atomic E-state index is 12.9. The van der Waals surface area contributed by atoms with E-state index in [2.05, 4.69) is 62.7 Å². The first-order valence-corrected chi connectivity index (χ1v) is 15.7. The summed E-state index contributed by atoms with van der Waals surface area (Å²) in [5, 5.41) is 12.2. The molecule has 1 saturated heterocycles. The highest BCUT2D eigenvalue weighted by Gasteiger charge is 2.26. The first-order chi connectivity index (χ1) is 20.6. The van der Waals surface area contributed by atoms with Crippen molar-refractivity contribution in [3.05, 3.63) is 71.8 Å². The molecule has 42 heavy (non-hydrogen) atoms. The number of aryl methyl sites for hydroxylation is 1. The smallest absolute Gasteiger partial charge is 0.224 e. The van der Waals surface area contributed by atoms with Crippen molar-refractivity contribution in [2.24, 2.45) is 0 Å². The molecule has 7 heteroatoms. The Hall–Kier alpha value is -3.84. The highest BCUT2D eigenvalue weighted by Crippen LogP contribution is 2.35. The van der Waals surface area contributed by atoms with Gasteiger partial charge in [-0.25, -0.2) is 0 Å². The molecule has 0 unspecified atom stereocenters. The fraction of sp³-hybridized carbons (Fsp3) is 0.429. The number of hydrogen-bond donors (Lipinski definition) is 2. The van der Waals surface area contributed by atoms with E-state index in [-0.39, 0.29) is 11.8 Å². The Balaban J connectivity index is 1.04. The van der Waals surface area contributed by atoms with Gasteiger partial charge < -0.3 is 15.0 Å². The zero-order valence-corrected chi connectivity index (χ0v) is 24.6. The van der Waals surface area contributed by atoms with Crippen LogP contribution in [0.4, 0.5) is 11.4 Å². The monoisotopic (exact) mass is 563 g/mol. The van der Waals surface area contributed by atoms with Gasteiger partial charge in [-0.2, -0.15) is 5.10 Å². The molecule has 7 nitrogen and oxygen atoms in total. The minimum Gasteiger partial charge on any atom is -0.497 e. The van der Waals surface area contributed by atoms with Gasteiger partial charge in [-0.05, 0) is 79.1 Å². The van der Waals surface area contributed by atoms with E-state index in [4.69, 9.17) is 9.84 Å². The van der Waals surface area contributed by atoms with Crippen LogP contribution >= 0.6 is 0 Å². The Labute approximate surface area is 248 Å². The number of aromatic nitrogens is 2. The molecule has 3 heterocycles. The molecule has 1 atom stereocenters. The molecule has 2 aliphatic heterocycles. The Bertz CT molecular complexity index is 1550. The van der Waals surface area contributed by atoms with Crippen molar-refractivity contribution in [3.8, 4) is 17.0 Å². The predicted octanol–water partition coefficient (Wildman–Crippen LogP) is 6.75. The number of piperazine rings is 1. The van der Waals surface area contributed by atoms with Crippen LogP contribution in [0.3, 0.4) is 0 Å². The first kappa shape index (κ1) is 27.0. The van der Waals surface area contributed by atoms with Crippen LogP contribution in [0.2, 0.25) is 0 Å². The number of ether oxygens (including phenoxy) is 1. The van der Waals surface area contributed by atoms with E-state index in [0.29, 0.717) is 6.42 Å². The molecule has 2 fully saturated rings. The minimum absolute atomic E-state index is 0.0482. The SMILES string of the molecule is COc1ccc2c(c1)CC[C@@H](c1ccc3c(-c4ccc(N5CCN(C6CCCCC6)CC5)cc4)n[nH]c3c1)CC(=O)N2. The van der Waals surface area contributed by atoms with Crippen molar-refractivity contribution in [2.75, 3.05) is 43.5 Å². The molecule has 3 aromatic carbocycles. The normalized spacial score (nSPS) is 20.5. The van der Waals surface area contributed by atoms with Crippen molar-refractivity contribution in [1.29, 1.82) is 0 Å². The summed E-state index contributed by atoms with van der Waals surface area (Å²) in [6.45, 7) is 4.54. The largest absolute Gasteiger partial charge is 0.497 e. The van der Waals surface area contributed by atoms with Gasteiger partial charge in [0.15, 0.2) is 0 Å². The third-order valence-corrected chi connectivity index (χ3v) is 9.75. The molecule has 7 rings (SSSR count). The van der Waals surface area contributed by atoms with E-state index in [9.17, 15) is 4.79 Å². The lowest BCUT2D eigenvalue weighted by molar-refractivity contribution is -0.116. The molecule has 2 N–H and O–H groups in total. The Kier molecular flexibility index (Phi) is 7.59. The van der Waals surface area contributed by atoms with Gasteiger partial charge in [0.05, 0.1) is 18.3 Å². The molecule has 0 bridgehead atoms. The van der Waals surface area contributed by atoms with Crippen molar-refractivity contribution in [1.82, 2.24) is 15.1 Å². The number of anilines is 2. The van der Waals surface area contributed by atoms with Gasteiger partial charge in [-0.1, -0.05) is 43.5 Å². The summed E-state index contributed by atoms with van der Waals surface area (Å²) < 4.78 is 5.41. The van der Waals surface area contributed by atoms with Crippen molar-refractivity contribution >= 4 is 28.2 Å². The molecule has 4 aromatic rings. The number of nitrogens with one attached hydrogen (secondary N) is 2. The average Bonchev–Trinajstić information content (AvgIpc) is 3.46. The van der Waals surface area contributed by atoms with Crippen molar-refractivity contribution < 1.29 is 9.53 Å². The van der Waals surface area contributed by atoms with Gasteiger partial charge in [0.25, 0.3) is 0 Å². The number of aromatic amines is 1. The van der Waals surface area contributed by atoms with E-state index in [1.54, 1.807) is 7.11 Å². The highest BCUT2D eigenvalue weighted by atomic mass is 16.5. The zero-order chi connectivity index (χ0) is 28.5. The molecular weight excluding hydrogens is 522 g/mol. The lowest BCUT2D eigenvalue weighted by atomic mass is 9.87. The summed E-state index contributed by atoms with van der Waals surface area (Å²) in [6.07, 6.45) is 9.23. The van der Waals surface area contributed by atoms with Crippen LogP contribution in [0.5, 0.6) is 5.75 Å². The number of benzene rings is 3. The molecule has 1 amide bonds. The minimum atomic E-state index is 0.0482. The van der Waals surface area contributed by atoms with Gasteiger partial charge in [-0.15, -0.1) is 0 Å². The first-order valence-electron chi connectivity index (χ1n) is 15.7. The summed E-state index contributed by atoms with van der Waals surface area (Å²) in [7, 11) is 1.67. The Morgan fingerprint density at radius 1 is 0.881 bits per heavy atom. The number of hydrogen-bond acceptors (Lipinski definition) is 5. The number of H-pyrrole nitrogens is 1. The highest BCUT2D eigenvalue weighted by molar-refractivity contribution is 5.94. The third-order valence-electron chi connectivity index (χ3n) is 9.75.